The van der Waals surface area contributed by atoms with Gasteiger partial charge in [-0.1, -0.05) is 60.7 Å². The lowest BCUT2D eigenvalue weighted by atomic mass is 10.2. The molecular weight excluding hydrogens is 220 g/mol. The van der Waals surface area contributed by atoms with Crippen molar-refractivity contribution in [1.29, 1.82) is 0 Å². The molecule has 2 heteroatoms. The molecule has 2 radical (unpaired) electrons. The highest BCUT2D eigenvalue weighted by Crippen LogP contribution is 1.98. The van der Waals surface area contributed by atoms with E-state index < -0.39 is 0 Å². The van der Waals surface area contributed by atoms with E-state index in [1.165, 1.54) is 11.1 Å². The van der Waals surface area contributed by atoms with Gasteiger partial charge in [0.1, 0.15) is 0 Å². The van der Waals surface area contributed by atoms with Crippen molar-refractivity contribution in [3.05, 3.63) is 71.8 Å². The molecule has 0 bridgehead atoms. The van der Waals surface area contributed by atoms with Gasteiger partial charge in [0.2, 0.25) is 0 Å². The van der Waals surface area contributed by atoms with Crippen molar-refractivity contribution in [2.45, 2.75) is 13.1 Å². The zero-order valence-corrected chi connectivity index (χ0v) is 10.5. The summed E-state index contributed by atoms with van der Waals surface area (Å²) in [5, 5.41) is 8.96. The van der Waals surface area contributed by atoms with Crippen LogP contribution in [0.2, 0.25) is 0 Å². The third kappa shape index (κ3) is 4.70. The molecule has 0 fully saturated rings. The zero-order chi connectivity index (χ0) is 12.5. The largest absolute Gasteiger partial charge is 0.236 e. The second kappa shape index (κ2) is 7.64. The second-order valence-corrected chi connectivity index (χ2v) is 4.18. The molecule has 0 saturated heterocycles. The number of nitrogens with zero attached hydrogens (tertiary/aromatic N) is 2. The monoisotopic (exact) mass is 238 g/mol. The van der Waals surface area contributed by atoms with Gasteiger partial charge in [-0.2, -0.15) is 0 Å². The Labute approximate surface area is 109 Å². The topological polar surface area (TPSA) is 28.2 Å². The molecule has 0 spiro atoms. The fraction of sp³-hybridized carbons (Fsp3) is 0.250. The van der Waals surface area contributed by atoms with Crippen molar-refractivity contribution in [3.63, 3.8) is 0 Å². The van der Waals surface area contributed by atoms with E-state index in [0.29, 0.717) is 0 Å². The molecule has 92 valence electrons. The van der Waals surface area contributed by atoms with Gasteiger partial charge in [-0.15, -0.1) is 0 Å². The van der Waals surface area contributed by atoms with Crippen molar-refractivity contribution < 1.29 is 0 Å². The normalized spacial score (nSPS) is 10.4. The fourth-order valence-electron chi connectivity index (χ4n) is 1.72. The summed E-state index contributed by atoms with van der Waals surface area (Å²) in [7, 11) is 0. The van der Waals surface area contributed by atoms with Gasteiger partial charge in [0.05, 0.1) is 0 Å². The Morgan fingerprint density at radius 2 is 0.944 bits per heavy atom. The summed E-state index contributed by atoms with van der Waals surface area (Å²) >= 11 is 0. The summed E-state index contributed by atoms with van der Waals surface area (Å²) in [6.45, 7) is 3.20. The Morgan fingerprint density at radius 3 is 1.33 bits per heavy atom. The van der Waals surface area contributed by atoms with E-state index in [1.54, 1.807) is 0 Å². The summed E-state index contributed by atoms with van der Waals surface area (Å²) < 4.78 is 0. The minimum absolute atomic E-state index is 0.793. The first-order valence-electron chi connectivity index (χ1n) is 6.29. The van der Waals surface area contributed by atoms with Crippen molar-refractivity contribution in [1.82, 2.24) is 10.6 Å². The van der Waals surface area contributed by atoms with Gasteiger partial charge >= 0.3 is 0 Å². The molecule has 0 amide bonds. The van der Waals surface area contributed by atoms with Crippen molar-refractivity contribution in [3.8, 4) is 0 Å². The first-order chi connectivity index (χ1) is 8.95. The maximum atomic E-state index is 4.48. The molecule has 0 aliphatic rings. The molecule has 2 rings (SSSR count). The Morgan fingerprint density at radius 1 is 0.556 bits per heavy atom. The minimum Gasteiger partial charge on any atom is -0.236 e. The third-order valence-electron chi connectivity index (χ3n) is 2.69. The van der Waals surface area contributed by atoms with Gasteiger partial charge in [-0.3, -0.25) is 0 Å². The summed E-state index contributed by atoms with van der Waals surface area (Å²) in [6.07, 6.45) is 0. The summed E-state index contributed by atoms with van der Waals surface area (Å²) in [4.78, 5) is 0. The maximum Gasteiger partial charge on any atom is 0.0384 e. The van der Waals surface area contributed by atoms with E-state index in [4.69, 9.17) is 0 Å². The average molecular weight is 238 g/mol. The SMILES string of the molecule is c1ccc(C[N]CC[N]Cc2ccccc2)cc1. The fourth-order valence-corrected chi connectivity index (χ4v) is 1.72. The van der Waals surface area contributed by atoms with Crippen LogP contribution in [0, 0.1) is 0 Å². The third-order valence-corrected chi connectivity index (χ3v) is 2.69. The van der Waals surface area contributed by atoms with Crippen LogP contribution in [0.1, 0.15) is 11.1 Å². The quantitative estimate of drug-likeness (QED) is 0.663. The predicted octanol–water partition coefficient (Wildman–Crippen LogP) is 2.60. The van der Waals surface area contributed by atoms with Crippen LogP contribution in [0.5, 0.6) is 0 Å². The molecule has 0 aliphatic carbocycles. The highest BCUT2D eigenvalue weighted by Gasteiger charge is 1.94. The van der Waals surface area contributed by atoms with Crippen LogP contribution in [0.25, 0.3) is 0 Å². The Balaban J connectivity index is 1.54. The smallest absolute Gasteiger partial charge is 0.0384 e. The van der Waals surface area contributed by atoms with Gasteiger partial charge in [0.25, 0.3) is 0 Å². The van der Waals surface area contributed by atoms with Crippen molar-refractivity contribution >= 4 is 0 Å². The van der Waals surface area contributed by atoms with Crippen molar-refractivity contribution in [2.24, 2.45) is 0 Å². The standard InChI is InChI=1S/C16H18N2/c1-3-7-15(8-4-1)13-17-11-12-18-14-16-9-5-2-6-10-16/h1-10H,11-14H2. The van der Waals surface area contributed by atoms with Gasteiger partial charge in [-0.25, -0.2) is 10.6 Å². The van der Waals surface area contributed by atoms with Crippen LogP contribution < -0.4 is 10.6 Å². The van der Waals surface area contributed by atoms with Gasteiger partial charge in [0, 0.05) is 26.2 Å². The van der Waals surface area contributed by atoms with E-state index in [2.05, 4.69) is 34.9 Å². The molecule has 0 unspecified atom stereocenters. The van der Waals surface area contributed by atoms with E-state index in [-0.39, 0.29) is 0 Å². The van der Waals surface area contributed by atoms with E-state index in [0.717, 1.165) is 26.2 Å². The van der Waals surface area contributed by atoms with Crippen LogP contribution in [0.4, 0.5) is 0 Å². The predicted molar refractivity (Wildman–Crippen MR) is 74.3 cm³/mol. The van der Waals surface area contributed by atoms with Crippen LogP contribution >= 0.6 is 0 Å². The molecule has 0 heterocycles. The lowest BCUT2D eigenvalue weighted by Gasteiger charge is -2.04. The molecule has 2 aromatic carbocycles. The van der Waals surface area contributed by atoms with Crippen molar-refractivity contribution in [2.75, 3.05) is 13.1 Å². The highest BCUT2D eigenvalue weighted by atomic mass is 14.9. The number of benzene rings is 2. The Kier molecular flexibility index (Phi) is 5.44. The van der Waals surface area contributed by atoms with Crippen LogP contribution in [-0.2, 0) is 13.1 Å². The molecule has 0 aliphatic heterocycles. The lowest BCUT2D eigenvalue weighted by molar-refractivity contribution is 0.594. The summed E-state index contributed by atoms with van der Waals surface area (Å²) in [5.74, 6) is 0. The molecule has 0 N–H and O–H groups in total. The molecular formula is C16H18N2. The molecule has 0 atom stereocenters. The first-order valence-corrected chi connectivity index (χ1v) is 6.29. The number of hydrogen-bond acceptors (Lipinski definition) is 0. The lowest BCUT2D eigenvalue weighted by Crippen LogP contribution is -2.17. The maximum absolute atomic E-state index is 4.48. The second-order valence-electron chi connectivity index (χ2n) is 4.18. The number of rotatable bonds is 7. The van der Waals surface area contributed by atoms with E-state index in [1.807, 2.05) is 36.4 Å². The first kappa shape index (κ1) is 12.8. The Hall–Kier alpha value is -1.64. The summed E-state index contributed by atoms with van der Waals surface area (Å²) in [5.41, 5.74) is 2.53. The molecule has 0 aromatic heterocycles. The van der Waals surface area contributed by atoms with Gasteiger partial charge in [0.15, 0.2) is 0 Å². The average Bonchev–Trinajstić information content (AvgIpc) is 2.45. The molecule has 0 saturated carbocycles. The van der Waals surface area contributed by atoms with Crippen LogP contribution in [0.15, 0.2) is 60.7 Å². The zero-order valence-electron chi connectivity index (χ0n) is 10.5. The highest BCUT2D eigenvalue weighted by molar-refractivity contribution is 5.14. The molecule has 2 nitrogen and oxygen atoms in total. The molecule has 2 aromatic rings. The number of hydrogen-bond donors (Lipinski definition) is 0. The van der Waals surface area contributed by atoms with Gasteiger partial charge < -0.3 is 0 Å². The molecule has 18 heavy (non-hydrogen) atoms. The van der Waals surface area contributed by atoms with Crippen LogP contribution in [0.3, 0.4) is 0 Å². The van der Waals surface area contributed by atoms with E-state index >= 15 is 0 Å². The van der Waals surface area contributed by atoms with E-state index in [9.17, 15) is 0 Å². The van der Waals surface area contributed by atoms with Crippen LogP contribution in [-0.4, -0.2) is 13.1 Å². The Bertz CT molecular complexity index is 382. The minimum atomic E-state index is 0.793. The summed E-state index contributed by atoms with van der Waals surface area (Å²) in [6, 6.07) is 20.6. The van der Waals surface area contributed by atoms with Gasteiger partial charge in [-0.05, 0) is 11.1 Å².